The molecule has 0 saturated carbocycles. The highest BCUT2D eigenvalue weighted by Crippen LogP contribution is 2.22. The Morgan fingerprint density at radius 3 is 2.50 bits per heavy atom. The van der Waals surface area contributed by atoms with Gasteiger partial charge >= 0.3 is 12.3 Å². The predicted molar refractivity (Wildman–Crippen MR) is 40.2 cm³/mol. The molecular formula is C8H8F4O2. The molecule has 0 aliphatic heterocycles. The Morgan fingerprint density at radius 1 is 1.50 bits per heavy atom. The average Bonchev–Trinajstić information content (AvgIpc) is 2.04. The van der Waals surface area contributed by atoms with Crippen LogP contribution in [0.1, 0.15) is 6.42 Å². The Hall–Kier alpha value is -1.09. The summed E-state index contributed by atoms with van der Waals surface area (Å²) < 4.78 is 51.5. The molecule has 0 aromatic rings. The zero-order valence-corrected chi connectivity index (χ0v) is 7.10. The van der Waals surface area contributed by atoms with E-state index in [1.165, 1.54) is 0 Å². The second kappa shape index (κ2) is 5.60. The SMILES string of the molecule is C#CCC(=O)COCC(F)(F)C(F)F. The van der Waals surface area contributed by atoms with Gasteiger partial charge in [0.15, 0.2) is 5.78 Å². The molecule has 0 amide bonds. The van der Waals surface area contributed by atoms with Crippen molar-refractivity contribution in [1.29, 1.82) is 0 Å². The van der Waals surface area contributed by atoms with Crippen LogP contribution in [0.25, 0.3) is 0 Å². The van der Waals surface area contributed by atoms with Crippen molar-refractivity contribution in [1.82, 2.24) is 0 Å². The number of rotatable bonds is 6. The van der Waals surface area contributed by atoms with Crippen molar-refractivity contribution in [2.24, 2.45) is 0 Å². The summed E-state index contributed by atoms with van der Waals surface area (Å²) in [6.45, 7) is -2.16. The number of alkyl halides is 4. The maximum absolute atomic E-state index is 12.2. The molecule has 0 aromatic carbocycles. The lowest BCUT2D eigenvalue weighted by atomic mass is 10.3. The Morgan fingerprint density at radius 2 is 2.07 bits per heavy atom. The molecule has 2 nitrogen and oxygen atoms in total. The quantitative estimate of drug-likeness (QED) is 0.492. The Balaban J connectivity index is 3.75. The van der Waals surface area contributed by atoms with Crippen LogP contribution in [0.2, 0.25) is 0 Å². The van der Waals surface area contributed by atoms with E-state index >= 15 is 0 Å². The molecule has 0 unspecified atom stereocenters. The molecule has 80 valence electrons. The van der Waals surface area contributed by atoms with Gasteiger partial charge in [0.05, 0.1) is 6.42 Å². The van der Waals surface area contributed by atoms with Crippen molar-refractivity contribution in [3.05, 3.63) is 0 Å². The van der Waals surface area contributed by atoms with Gasteiger partial charge in [-0.2, -0.15) is 8.78 Å². The largest absolute Gasteiger partial charge is 0.367 e. The van der Waals surface area contributed by atoms with Gasteiger partial charge in [0.25, 0.3) is 0 Å². The molecule has 0 bridgehead atoms. The fourth-order valence-corrected chi connectivity index (χ4v) is 0.529. The molecule has 0 radical (unpaired) electrons. The number of carbonyl (C=O) groups is 1. The molecule has 0 aliphatic rings. The van der Waals surface area contributed by atoms with Crippen LogP contribution in [0.15, 0.2) is 0 Å². The molecule has 0 N–H and O–H groups in total. The van der Waals surface area contributed by atoms with Gasteiger partial charge in [-0.25, -0.2) is 8.78 Å². The van der Waals surface area contributed by atoms with E-state index in [0.717, 1.165) is 0 Å². The number of Topliss-reactive ketones (excluding diaryl/α,β-unsaturated/α-hetero) is 1. The maximum Gasteiger partial charge on any atom is 0.330 e. The summed E-state index contributed by atoms with van der Waals surface area (Å²) in [4.78, 5) is 10.6. The second-order valence-corrected chi connectivity index (χ2v) is 2.47. The van der Waals surface area contributed by atoms with E-state index in [4.69, 9.17) is 6.42 Å². The van der Waals surface area contributed by atoms with Crippen LogP contribution in [0, 0.1) is 12.3 Å². The monoisotopic (exact) mass is 212 g/mol. The second-order valence-electron chi connectivity index (χ2n) is 2.47. The first-order chi connectivity index (χ1) is 6.40. The minimum Gasteiger partial charge on any atom is -0.367 e. The van der Waals surface area contributed by atoms with Crippen LogP contribution in [-0.4, -0.2) is 31.3 Å². The summed E-state index contributed by atoms with van der Waals surface area (Å²) >= 11 is 0. The molecule has 0 heterocycles. The summed E-state index contributed by atoms with van der Waals surface area (Å²) in [5, 5.41) is 0. The van der Waals surface area contributed by atoms with Gasteiger partial charge in [-0.15, -0.1) is 6.42 Å². The van der Waals surface area contributed by atoms with E-state index in [1.54, 1.807) is 0 Å². The number of ketones is 1. The summed E-state index contributed by atoms with van der Waals surface area (Å²) in [5.74, 6) is -2.85. The van der Waals surface area contributed by atoms with Crippen LogP contribution in [0.3, 0.4) is 0 Å². The van der Waals surface area contributed by atoms with Crippen molar-refractivity contribution in [3.8, 4) is 12.3 Å². The number of ether oxygens (including phenoxy) is 1. The minimum atomic E-state index is -4.23. The van der Waals surface area contributed by atoms with E-state index < -0.39 is 31.3 Å². The van der Waals surface area contributed by atoms with Crippen LogP contribution in [-0.2, 0) is 9.53 Å². The van der Waals surface area contributed by atoms with E-state index in [-0.39, 0.29) is 6.42 Å². The van der Waals surface area contributed by atoms with E-state index in [1.807, 2.05) is 5.92 Å². The van der Waals surface area contributed by atoms with Crippen molar-refractivity contribution < 1.29 is 27.1 Å². The van der Waals surface area contributed by atoms with Crippen molar-refractivity contribution in [3.63, 3.8) is 0 Å². The van der Waals surface area contributed by atoms with Crippen LogP contribution < -0.4 is 0 Å². The Bertz CT molecular complexity index is 232. The van der Waals surface area contributed by atoms with Gasteiger partial charge in [-0.1, -0.05) is 5.92 Å². The molecule has 0 rings (SSSR count). The lowest BCUT2D eigenvalue weighted by Crippen LogP contribution is -2.33. The van der Waals surface area contributed by atoms with Gasteiger partial charge in [-0.05, 0) is 0 Å². The summed E-state index contributed by atoms with van der Waals surface area (Å²) in [5.41, 5.74) is 0. The number of carbonyl (C=O) groups excluding carboxylic acids is 1. The van der Waals surface area contributed by atoms with E-state index in [2.05, 4.69) is 4.74 Å². The highest BCUT2D eigenvalue weighted by Gasteiger charge is 2.41. The molecule has 0 atom stereocenters. The van der Waals surface area contributed by atoms with Crippen molar-refractivity contribution in [2.75, 3.05) is 13.2 Å². The fraction of sp³-hybridized carbons (Fsp3) is 0.625. The minimum absolute atomic E-state index is 0.264. The van der Waals surface area contributed by atoms with Crippen molar-refractivity contribution >= 4 is 5.78 Å². The van der Waals surface area contributed by atoms with Gasteiger partial charge in [0, 0.05) is 0 Å². The van der Waals surface area contributed by atoms with Gasteiger partial charge in [0.1, 0.15) is 13.2 Å². The smallest absolute Gasteiger partial charge is 0.330 e. The first-order valence-electron chi connectivity index (χ1n) is 3.59. The normalized spacial score (nSPS) is 11.4. The highest BCUT2D eigenvalue weighted by molar-refractivity contribution is 5.81. The first kappa shape index (κ1) is 12.9. The topological polar surface area (TPSA) is 26.3 Å². The van der Waals surface area contributed by atoms with Gasteiger partial charge in [0.2, 0.25) is 0 Å². The third-order valence-electron chi connectivity index (χ3n) is 1.18. The lowest BCUT2D eigenvalue weighted by Gasteiger charge is -2.14. The molecule has 0 saturated heterocycles. The number of hydrogen-bond acceptors (Lipinski definition) is 2. The highest BCUT2D eigenvalue weighted by atomic mass is 19.3. The predicted octanol–water partition coefficient (Wildman–Crippen LogP) is 1.50. The number of hydrogen-bond donors (Lipinski definition) is 0. The van der Waals surface area contributed by atoms with Gasteiger partial charge in [-0.3, -0.25) is 4.79 Å². The van der Waals surface area contributed by atoms with Crippen LogP contribution >= 0.6 is 0 Å². The molecule has 0 spiro atoms. The Kier molecular flexibility index (Phi) is 5.16. The molecular weight excluding hydrogens is 204 g/mol. The molecule has 0 fully saturated rings. The van der Waals surface area contributed by atoms with E-state index in [0.29, 0.717) is 0 Å². The average molecular weight is 212 g/mol. The third-order valence-corrected chi connectivity index (χ3v) is 1.18. The van der Waals surface area contributed by atoms with E-state index in [9.17, 15) is 22.4 Å². The summed E-state index contributed by atoms with van der Waals surface area (Å²) in [7, 11) is 0. The third kappa shape index (κ3) is 4.82. The lowest BCUT2D eigenvalue weighted by molar-refractivity contribution is -0.167. The summed E-state index contributed by atoms with van der Waals surface area (Å²) in [6, 6.07) is 0. The molecule has 0 aliphatic carbocycles. The standard InChI is InChI=1S/C8H8F4O2/c1-2-3-6(13)4-14-5-8(11,12)7(9)10/h1,7H,3-5H2. The zero-order valence-electron chi connectivity index (χ0n) is 7.10. The number of terminal acetylenes is 1. The maximum atomic E-state index is 12.2. The fourth-order valence-electron chi connectivity index (χ4n) is 0.529. The summed E-state index contributed by atoms with van der Waals surface area (Å²) in [6.07, 6.45) is 0.676. The van der Waals surface area contributed by atoms with Crippen LogP contribution in [0.5, 0.6) is 0 Å². The Labute approximate surface area is 78.2 Å². The molecule has 14 heavy (non-hydrogen) atoms. The van der Waals surface area contributed by atoms with Gasteiger partial charge < -0.3 is 4.74 Å². The first-order valence-corrected chi connectivity index (χ1v) is 3.59. The van der Waals surface area contributed by atoms with Crippen LogP contribution in [0.4, 0.5) is 17.6 Å². The zero-order chi connectivity index (χ0) is 11.2. The molecule has 6 heteroatoms. The van der Waals surface area contributed by atoms with Crippen molar-refractivity contribution in [2.45, 2.75) is 18.8 Å². The number of halogens is 4. The molecule has 0 aromatic heterocycles.